The first-order chi connectivity index (χ1) is 16.1. The third kappa shape index (κ3) is 5.73. The fraction of sp³-hybridized carbons (Fsp3) is 0.0833. The largest absolute Gasteiger partial charge is 0.378 e. The summed E-state index contributed by atoms with van der Waals surface area (Å²) in [6.45, 7) is 2.01. The molecule has 0 unspecified atom stereocenters. The van der Waals surface area contributed by atoms with E-state index < -0.39 is 16.0 Å². The molecule has 1 heterocycles. The molecule has 4 rings (SSSR count). The van der Waals surface area contributed by atoms with Gasteiger partial charge >= 0.3 is 10.1 Å². The Labute approximate surface area is 223 Å². The zero-order valence-corrected chi connectivity index (χ0v) is 23.1. The molecule has 0 spiro atoms. The van der Waals surface area contributed by atoms with Crippen molar-refractivity contribution in [2.24, 2.45) is 0 Å². The van der Waals surface area contributed by atoms with Crippen molar-refractivity contribution in [1.29, 1.82) is 0 Å². The summed E-state index contributed by atoms with van der Waals surface area (Å²) in [7, 11) is -4.09. The predicted molar refractivity (Wildman–Crippen MR) is 144 cm³/mol. The van der Waals surface area contributed by atoms with Crippen LogP contribution >= 0.6 is 50.3 Å². The molecule has 10 heteroatoms. The van der Waals surface area contributed by atoms with E-state index >= 15 is 0 Å². The van der Waals surface area contributed by atoms with E-state index in [1.54, 1.807) is 24.3 Å². The van der Waals surface area contributed by atoms with Gasteiger partial charge in [-0.2, -0.15) is 8.42 Å². The van der Waals surface area contributed by atoms with E-state index in [0.29, 0.717) is 10.0 Å². The van der Waals surface area contributed by atoms with Crippen LogP contribution in [0.5, 0.6) is 5.75 Å². The normalized spacial score (nSPS) is 15.3. The number of benzene rings is 3. The number of amides is 2. The van der Waals surface area contributed by atoms with Gasteiger partial charge in [0.1, 0.15) is 10.6 Å². The summed E-state index contributed by atoms with van der Waals surface area (Å²) in [6, 6.07) is 18.6. The molecule has 1 aliphatic rings. The molecule has 1 fully saturated rings. The monoisotopic (exact) mass is 669 g/mol. The Hall–Kier alpha value is -2.15. The second-order valence-corrected chi connectivity index (χ2v) is 12.1. The number of carbonyl (C=O) groups is 2. The molecule has 6 nitrogen and oxygen atoms in total. The quantitative estimate of drug-likeness (QED) is 0.173. The number of rotatable bonds is 6. The van der Waals surface area contributed by atoms with Gasteiger partial charge in [-0.25, -0.2) is 0 Å². The van der Waals surface area contributed by atoms with Crippen molar-refractivity contribution in [2.75, 3.05) is 0 Å². The minimum atomic E-state index is -4.09. The van der Waals surface area contributed by atoms with Crippen LogP contribution in [-0.4, -0.2) is 24.5 Å². The van der Waals surface area contributed by atoms with E-state index in [1.165, 1.54) is 29.2 Å². The van der Waals surface area contributed by atoms with Crippen LogP contribution in [0.2, 0.25) is 0 Å². The van der Waals surface area contributed by atoms with Gasteiger partial charge in [-0.3, -0.25) is 14.5 Å². The lowest BCUT2D eigenvalue weighted by Gasteiger charge is -2.12. The van der Waals surface area contributed by atoms with Gasteiger partial charge in [0.05, 0.1) is 11.4 Å². The standard InChI is InChI=1S/C24H17BrINO5S2/c1-15-2-9-20(10-3-15)34(30,31)32-21-11-6-18(25)12-17(21)13-22-23(28)27(24(29)33-22)14-16-4-7-19(26)8-5-16/h2-13H,14H2,1H3/b22-13-. The maximum atomic E-state index is 13.0. The molecule has 1 saturated heterocycles. The second-order valence-electron chi connectivity index (χ2n) is 7.43. The molecule has 0 N–H and O–H groups in total. The van der Waals surface area contributed by atoms with E-state index in [2.05, 4.69) is 38.5 Å². The summed E-state index contributed by atoms with van der Waals surface area (Å²) in [5.41, 5.74) is 2.11. The summed E-state index contributed by atoms with van der Waals surface area (Å²) < 4.78 is 32.7. The SMILES string of the molecule is Cc1ccc(S(=O)(=O)Oc2ccc(Br)cc2/C=C2\SC(=O)N(Cc3ccc(I)cc3)C2=O)cc1. The maximum Gasteiger partial charge on any atom is 0.339 e. The van der Waals surface area contributed by atoms with Crippen LogP contribution in [0, 0.1) is 10.5 Å². The van der Waals surface area contributed by atoms with Crippen molar-refractivity contribution < 1.29 is 22.2 Å². The zero-order valence-electron chi connectivity index (χ0n) is 17.7. The summed E-state index contributed by atoms with van der Waals surface area (Å²) in [5, 5.41) is -0.389. The zero-order chi connectivity index (χ0) is 24.5. The fourth-order valence-corrected chi connectivity index (χ4v) is 5.65. The van der Waals surface area contributed by atoms with Crippen molar-refractivity contribution in [1.82, 2.24) is 4.90 Å². The third-order valence-corrected chi connectivity index (χ3v) is 8.26. The molecule has 0 aromatic heterocycles. The third-order valence-electron chi connectivity index (χ3n) is 4.90. The lowest BCUT2D eigenvalue weighted by atomic mass is 10.2. The highest BCUT2D eigenvalue weighted by atomic mass is 127. The van der Waals surface area contributed by atoms with Crippen LogP contribution in [0.25, 0.3) is 6.08 Å². The molecule has 0 bridgehead atoms. The van der Waals surface area contributed by atoms with Gasteiger partial charge in [0.25, 0.3) is 11.1 Å². The minimum Gasteiger partial charge on any atom is -0.378 e. The Morgan fingerprint density at radius 1 is 1.03 bits per heavy atom. The number of thioether (sulfide) groups is 1. The molecular weight excluding hydrogens is 653 g/mol. The summed E-state index contributed by atoms with van der Waals surface area (Å²) in [6.07, 6.45) is 1.48. The molecule has 174 valence electrons. The van der Waals surface area contributed by atoms with E-state index in [-0.39, 0.29) is 27.3 Å². The van der Waals surface area contributed by atoms with Crippen molar-refractivity contribution in [3.63, 3.8) is 0 Å². The van der Waals surface area contributed by atoms with Crippen LogP contribution in [0.4, 0.5) is 4.79 Å². The van der Waals surface area contributed by atoms with E-state index in [4.69, 9.17) is 4.18 Å². The highest BCUT2D eigenvalue weighted by molar-refractivity contribution is 14.1. The first-order valence-corrected chi connectivity index (χ1v) is 14.0. The summed E-state index contributed by atoms with van der Waals surface area (Å²) >= 11 is 6.35. The van der Waals surface area contributed by atoms with Crippen LogP contribution in [-0.2, 0) is 21.5 Å². The molecule has 3 aromatic carbocycles. The van der Waals surface area contributed by atoms with Gasteiger partial charge in [0.2, 0.25) is 0 Å². The van der Waals surface area contributed by atoms with E-state index in [9.17, 15) is 18.0 Å². The first kappa shape index (κ1) is 25.0. The number of aryl methyl sites for hydroxylation is 1. The number of hydrogen-bond donors (Lipinski definition) is 0. The molecule has 0 saturated carbocycles. The lowest BCUT2D eigenvalue weighted by molar-refractivity contribution is -0.123. The van der Waals surface area contributed by atoms with Crippen molar-refractivity contribution >= 4 is 77.6 Å². The van der Waals surface area contributed by atoms with Crippen molar-refractivity contribution in [3.8, 4) is 5.75 Å². The molecule has 0 atom stereocenters. The molecule has 3 aromatic rings. The lowest BCUT2D eigenvalue weighted by Crippen LogP contribution is -2.27. The Kier molecular flexibility index (Phi) is 7.51. The van der Waals surface area contributed by atoms with Crippen LogP contribution < -0.4 is 4.18 Å². The van der Waals surface area contributed by atoms with Gasteiger partial charge in [-0.1, -0.05) is 45.8 Å². The molecule has 2 amide bonds. The van der Waals surface area contributed by atoms with Crippen LogP contribution in [0.15, 0.2) is 81.0 Å². The number of nitrogens with zero attached hydrogens (tertiary/aromatic N) is 1. The average molecular weight is 670 g/mol. The minimum absolute atomic E-state index is 0.0183. The summed E-state index contributed by atoms with van der Waals surface area (Å²) in [5.74, 6) is -0.394. The molecule has 34 heavy (non-hydrogen) atoms. The number of hydrogen-bond acceptors (Lipinski definition) is 6. The van der Waals surface area contributed by atoms with Crippen molar-refractivity contribution in [2.45, 2.75) is 18.4 Å². The molecule has 0 aliphatic carbocycles. The Bertz CT molecular complexity index is 1400. The topological polar surface area (TPSA) is 80.8 Å². The molecular formula is C24H17BrINO5S2. The number of halogens is 2. The van der Waals surface area contributed by atoms with Crippen LogP contribution in [0.3, 0.4) is 0 Å². The summed E-state index contributed by atoms with van der Waals surface area (Å²) in [4.78, 5) is 26.9. The van der Waals surface area contributed by atoms with Crippen molar-refractivity contribution in [3.05, 3.63) is 96.4 Å². The van der Waals surface area contributed by atoms with Gasteiger partial charge < -0.3 is 4.18 Å². The first-order valence-electron chi connectivity index (χ1n) is 9.93. The van der Waals surface area contributed by atoms with Gasteiger partial charge in [0.15, 0.2) is 0 Å². The number of carbonyl (C=O) groups excluding carboxylic acids is 2. The number of imide groups is 1. The Morgan fingerprint density at radius 3 is 2.38 bits per heavy atom. The second kappa shape index (κ2) is 10.2. The van der Waals surface area contributed by atoms with Gasteiger partial charge in [0, 0.05) is 13.6 Å². The molecule has 1 aliphatic heterocycles. The van der Waals surface area contributed by atoms with E-state index in [0.717, 1.165) is 26.5 Å². The average Bonchev–Trinajstić information content (AvgIpc) is 3.04. The smallest absolute Gasteiger partial charge is 0.339 e. The van der Waals surface area contributed by atoms with E-state index in [1.807, 2.05) is 31.2 Å². The van der Waals surface area contributed by atoms with Gasteiger partial charge in [-0.15, -0.1) is 0 Å². The highest BCUT2D eigenvalue weighted by Gasteiger charge is 2.35. The Morgan fingerprint density at radius 2 is 1.71 bits per heavy atom. The van der Waals surface area contributed by atoms with Crippen LogP contribution in [0.1, 0.15) is 16.7 Å². The Balaban J connectivity index is 1.62. The predicted octanol–water partition coefficient (Wildman–Crippen LogP) is 6.37. The molecule has 0 radical (unpaired) electrons. The fourth-order valence-electron chi connectivity index (χ4n) is 3.13. The van der Waals surface area contributed by atoms with Gasteiger partial charge in [-0.05, 0) is 95.4 Å². The highest BCUT2D eigenvalue weighted by Crippen LogP contribution is 2.36. The maximum absolute atomic E-state index is 13.0.